The summed E-state index contributed by atoms with van der Waals surface area (Å²) in [5, 5.41) is 15.0. The zero-order valence-electron chi connectivity index (χ0n) is 10.8. The number of nitro groups is 1. The molecule has 0 spiro atoms. The quantitative estimate of drug-likeness (QED) is 0.545. The molecular weight excluding hydrogens is 273 g/mol. The van der Waals surface area contributed by atoms with Crippen LogP contribution in [-0.4, -0.2) is 14.7 Å². The normalized spacial score (nSPS) is 10.5. The molecule has 3 rings (SSSR count). The molecule has 1 heterocycles. The molecule has 0 saturated carbocycles. The van der Waals surface area contributed by atoms with Crippen LogP contribution in [0.3, 0.4) is 0 Å². The van der Waals surface area contributed by atoms with Crippen LogP contribution in [-0.2, 0) is 0 Å². The standard InChI is InChI=1S/C15H10FN3O2/c16-13-6-4-11(5-7-13)12-9-17-18(10-12)14-2-1-3-15(8-14)19(20)21/h1-10H. The first kappa shape index (κ1) is 13.0. The van der Waals surface area contributed by atoms with E-state index in [0.717, 1.165) is 11.1 Å². The van der Waals surface area contributed by atoms with Crippen molar-refractivity contribution < 1.29 is 9.31 Å². The first-order chi connectivity index (χ1) is 10.1. The lowest BCUT2D eigenvalue weighted by Gasteiger charge is -2.00. The van der Waals surface area contributed by atoms with E-state index in [-0.39, 0.29) is 11.5 Å². The molecule has 21 heavy (non-hydrogen) atoms. The molecule has 1 aromatic heterocycles. The van der Waals surface area contributed by atoms with Gasteiger partial charge in [-0.3, -0.25) is 10.1 Å². The SMILES string of the molecule is O=[N+]([O-])c1cccc(-n2cc(-c3ccc(F)cc3)cn2)c1. The molecule has 3 aromatic rings. The maximum absolute atomic E-state index is 12.9. The number of rotatable bonds is 3. The summed E-state index contributed by atoms with van der Waals surface area (Å²) in [6, 6.07) is 12.3. The average Bonchev–Trinajstić information content (AvgIpc) is 2.98. The fourth-order valence-electron chi connectivity index (χ4n) is 2.00. The summed E-state index contributed by atoms with van der Waals surface area (Å²) in [6.45, 7) is 0. The summed E-state index contributed by atoms with van der Waals surface area (Å²) < 4.78 is 14.5. The number of nitrogens with zero attached hydrogens (tertiary/aromatic N) is 3. The van der Waals surface area contributed by atoms with Gasteiger partial charge < -0.3 is 0 Å². The zero-order valence-corrected chi connectivity index (χ0v) is 10.8. The molecule has 0 aliphatic heterocycles. The molecule has 0 saturated heterocycles. The maximum Gasteiger partial charge on any atom is 0.271 e. The summed E-state index contributed by atoms with van der Waals surface area (Å²) in [5.74, 6) is -0.301. The Morgan fingerprint density at radius 2 is 1.86 bits per heavy atom. The molecule has 0 unspecified atom stereocenters. The average molecular weight is 283 g/mol. The van der Waals surface area contributed by atoms with Gasteiger partial charge in [0, 0.05) is 23.9 Å². The molecule has 0 radical (unpaired) electrons. The van der Waals surface area contributed by atoms with E-state index < -0.39 is 4.92 Å². The number of hydrogen-bond acceptors (Lipinski definition) is 3. The van der Waals surface area contributed by atoms with Crippen LogP contribution in [0.2, 0.25) is 0 Å². The number of aromatic nitrogens is 2. The van der Waals surface area contributed by atoms with E-state index in [1.807, 2.05) is 0 Å². The lowest BCUT2D eigenvalue weighted by molar-refractivity contribution is -0.384. The predicted octanol–water partition coefficient (Wildman–Crippen LogP) is 3.59. The Bertz CT molecular complexity index is 797. The Morgan fingerprint density at radius 1 is 1.10 bits per heavy atom. The number of non-ortho nitro benzene ring substituents is 1. The van der Waals surface area contributed by atoms with Crippen LogP contribution in [0.15, 0.2) is 60.9 Å². The largest absolute Gasteiger partial charge is 0.271 e. The third-order valence-electron chi connectivity index (χ3n) is 3.07. The Kier molecular flexibility index (Phi) is 3.19. The molecule has 2 aromatic carbocycles. The summed E-state index contributed by atoms with van der Waals surface area (Å²) in [4.78, 5) is 10.3. The molecule has 0 aliphatic rings. The van der Waals surface area contributed by atoms with E-state index in [0.29, 0.717) is 5.69 Å². The zero-order chi connectivity index (χ0) is 14.8. The van der Waals surface area contributed by atoms with Gasteiger partial charge >= 0.3 is 0 Å². The Balaban J connectivity index is 1.96. The minimum Gasteiger partial charge on any atom is -0.258 e. The third kappa shape index (κ3) is 2.64. The van der Waals surface area contributed by atoms with Gasteiger partial charge in [0.25, 0.3) is 5.69 Å². The van der Waals surface area contributed by atoms with Crippen molar-refractivity contribution in [3.05, 3.63) is 76.9 Å². The van der Waals surface area contributed by atoms with Crippen LogP contribution in [0.1, 0.15) is 0 Å². The Labute approximate surface area is 119 Å². The fourth-order valence-corrected chi connectivity index (χ4v) is 2.00. The van der Waals surface area contributed by atoms with Gasteiger partial charge in [0.05, 0.1) is 16.8 Å². The number of hydrogen-bond donors (Lipinski definition) is 0. The highest BCUT2D eigenvalue weighted by Crippen LogP contribution is 2.22. The first-order valence-corrected chi connectivity index (χ1v) is 6.19. The van der Waals surface area contributed by atoms with Gasteiger partial charge in [-0.25, -0.2) is 9.07 Å². The summed E-state index contributed by atoms with van der Waals surface area (Å²) >= 11 is 0. The summed E-state index contributed by atoms with van der Waals surface area (Å²) in [6.07, 6.45) is 3.37. The fraction of sp³-hybridized carbons (Fsp3) is 0. The van der Waals surface area contributed by atoms with E-state index in [2.05, 4.69) is 5.10 Å². The molecule has 0 atom stereocenters. The first-order valence-electron chi connectivity index (χ1n) is 6.19. The minimum atomic E-state index is -0.451. The molecular formula is C15H10FN3O2. The van der Waals surface area contributed by atoms with Crippen molar-refractivity contribution in [1.82, 2.24) is 9.78 Å². The van der Waals surface area contributed by atoms with Gasteiger partial charge in [-0.15, -0.1) is 0 Å². The second-order valence-electron chi connectivity index (χ2n) is 4.46. The molecule has 5 nitrogen and oxygen atoms in total. The molecule has 0 N–H and O–H groups in total. The predicted molar refractivity (Wildman–Crippen MR) is 75.6 cm³/mol. The molecule has 6 heteroatoms. The van der Waals surface area contributed by atoms with Crippen LogP contribution < -0.4 is 0 Å². The van der Waals surface area contributed by atoms with Gasteiger partial charge in [0.15, 0.2) is 0 Å². The van der Waals surface area contributed by atoms with Crippen LogP contribution >= 0.6 is 0 Å². The van der Waals surface area contributed by atoms with Gasteiger partial charge in [-0.2, -0.15) is 5.10 Å². The van der Waals surface area contributed by atoms with Crippen LogP contribution in [0, 0.1) is 15.9 Å². The second kappa shape index (κ2) is 5.16. The van der Waals surface area contributed by atoms with Gasteiger partial charge in [-0.1, -0.05) is 18.2 Å². The summed E-state index contributed by atoms with van der Waals surface area (Å²) in [5.41, 5.74) is 2.23. The number of halogens is 1. The van der Waals surface area contributed by atoms with Crippen LogP contribution in [0.25, 0.3) is 16.8 Å². The molecule has 104 valence electrons. The van der Waals surface area contributed by atoms with Crippen LogP contribution in [0.4, 0.5) is 10.1 Å². The van der Waals surface area contributed by atoms with E-state index in [1.54, 1.807) is 41.3 Å². The number of nitro benzene ring substituents is 1. The topological polar surface area (TPSA) is 61.0 Å². The van der Waals surface area contributed by atoms with E-state index in [1.165, 1.54) is 24.3 Å². The van der Waals surface area contributed by atoms with Crippen molar-refractivity contribution in [3.63, 3.8) is 0 Å². The lowest BCUT2D eigenvalue weighted by Crippen LogP contribution is -1.95. The van der Waals surface area contributed by atoms with Crippen molar-refractivity contribution in [2.24, 2.45) is 0 Å². The Morgan fingerprint density at radius 3 is 2.57 bits per heavy atom. The molecule has 0 amide bonds. The smallest absolute Gasteiger partial charge is 0.258 e. The highest BCUT2D eigenvalue weighted by molar-refractivity contribution is 5.62. The van der Waals surface area contributed by atoms with E-state index in [9.17, 15) is 14.5 Å². The highest BCUT2D eigenvalue weighted by atomic mass is 19.1. The Hall–Kier alpha value is -3.02. The minimum absolute atomic E-state index is 0.00586. The van der Waals surface area contributed by atoms with Gasteiger partial charge in [-0.05, 0) is 23.8 Å². The van der Waals surface area contributed by atoms with Gasteiger partial charge in [0.2, 0.25) is 0 Å². The van der Waals surface area contributed by atoms with E-state index >= 15 is 0 Å². The second-order valence-corrected chi connectivity index (χ2v) is 4.46. The van der Waals surface area contributed by atoms with Crippen molar-refractivity contribution in [2.45, 2.75) is 0 Å². The highest BCUT2D eigenvalue weighted by Gasteiger charge is 2.08. The van der Waals surface area contributed by atoms with Crippen molar-refractivity contribution >= 4 is 5.69 Å². The lowest BCUT2D eigenvalue weighted by atomic mass is 10.1. The van der Waals surface area contributed by atoms with Gasteiger partial charge in [0.1, 0.15) is 5.82 Å². The molecule has 0 fully saturated rings. The van der Waals surface area contributed by atoms with Crippen molar-refractivity contribution in [1.29, 1.82) is 0 Å². The summed E-state index contributed by atoms with van der Waals surface area (Å²) in [7, 11) is 0. The maximum atomic E-state index is 12.9. The third-order valence-corrected chi connectivity index (χ3v) is 3.07. The van der Waals surface area contributed by atoms with Crippen molar-refractivity contribution in [3.8, 4) is 16.8 Å². The van der Waals surface area contributed by atoms with E-state index in [4.69, 9.17) is 0 Å². The number of benzene rings is 2. The molecule has 0 bridgehead atoms. The monoisotopic (exact) mass is 283 g/mol. The van der Waals surface area contributed by atoms with Crippen molar-refractivity contribution in [2.75, 3.05) is 0 Å². The van der Waals surface area contributed by atoms with Crippen LogP contribution in [0.5, 0.6) is 0 Å². The molecule has 0 aliphatic carbocycles.